The van der Waals surface area contributed by atoms with E-state index in [9.17, 15) is 8.42 Å². The van der Waals surface area contributed by atoms with Gasteiger partial charge in [0.15, 0.2) is 0 Å². The molecule has 0 aliphatic heterocycles. The minimum Gasteiger partial charge on any atom is -0.198 e. The van der Waals surface area contributed by atoms with Crippen molar-refractivity contribution in [2.75, 3.05) is 7.05 Å². The third-order valence-corrected chi connectivity index (χ3v) is 6.21. The van der Waals surface area contributed by atoms with Crippen molar-refractivity contribution >= 4 is 26.1 Å². The summed E-state index contributed by atoms with van der Waals surface area (Å²) in [6, 6.07) is -0.00393. The zero-order valence-electron chi connectivity index (χ0n) is 10.8. The topological polar surface area (TPSA) is 49.4 Å². The second-order valence-corrected chi connectivity index (χ2v) is 7.93. The van der Waals surface area contributed by atoms with Gasteiger partial charge < -0.3 is 0 Å². The van der Waals surface area contributed by atoms with E-state index in [1.54, 1.807) is 7.05 Å². The van der Waals surface area contributed by atoms with Crippen LogP contribution in [0.4, 0.5) is 0 Å². The number of hydrogen-bond acceptors (Lipinski definition) is 2. The first kappa shape index (κ1) is 15.4. The summed E-state index contributed by atoms with van der Waals surface area (Å²) >= 11 is 3.60. The van der Waals surface area contributed by atoms with E-state index < -0.39 is 10.2 Å². The Morgan fingerprint density at radius 1 is 1.24 bits per heavy atom. The Bertz CT molecular complexity index is 332. The maximum Gasteiger partial charge on any atom is 0.279 e. The number of rotatable bonds is 4. The van der Waals surface area contributed by atoms with E-state index in [4.69, 9.17) is 0 Å². The van der Waals surface area contributed by atoms with E-state index in [0.29, 0.717) is 0 Å². The van der Waals surface area contributed by atoms with Gasteiger partial charge in [0.25, 0.3) is 10.2 Å². The van der Waals surface area contributed by atoms with Gasteiger partial charge in [-0.3, -0.25) is 0 Å². The summed E-state index contributed by atoms with van der Waals surface area (Å²) in [5, 5.41) is 0. The largest absolute Gasteiger partial charge is 0.279 e. The Labute approximate surface area is 113 Å². The standard InChI is InChI=1S/C11H23BrN2O2S/c1-9(2)14(3)17(15,16)13-11-8-6-4-5-7-10(11)12/h9-11,13H,4-8H2,1-3H3. The van der Waals surface area contributed by atoms with Gasteiger partial charge in [-0.2, -0.15) is 17.4 Å². The molecule has 2 unspecified atom stereocenters. The predicted octanol–water partition coefficient (Wildman–Crippen LogP) is 2.26. The fourth-order valence-corrected chi connectivity index (χ4v) is 4.23. The van der Waals surface area contributed by atoms with Crippen molar-refractivity contribution in [2.45, 2.75) is 62.9 Å². The van der Waals surface area contributed by atoms with Crippen LogP contribution < -0.4 is 4.72 Å². The van der Waals surface area contributed by atoms with Crippen LogP contribution >= 0.6 is 15.9 Å². The molecule has 0 bridgehead atoms. The van der Waals surface area contributed by atoms with Crippen LogP contribution in [0.3, 0.4) is 0 Å². The van der Waals surface area contributed by atoms with Gasteiger partial charge >= 0.3 is 0 Å². The summed E-state index contributed by atoms with van der Waals surface area (Å²) in [6.07, 6.45) is 5.43. The molecule has 0 heterocycles. The smallest absolute Gasteiger partial charge is 0.198 e. The molecule has 1 rings (SSSR count). The van der Waals surface area contributed by atoms with Crippen molar-refractivity contribution in [3.8, 4) is 0 Å². The van der Waals surface area contributed by atoms with Crippen LogP contribution in [-0.4, -0.2) is 36.7 Å². The van der Waals surface area contributed by atoms with Crippen molar-refractivity contribution in [3.63, 3.8) is 0 Å². The molecule has 4 nitrogen and oxygen atoms in total. The van der Waals surface area contributed by atoms with E-state index in [2.05, 4.69) is 20.7 Å². The van der Waals surface area contributed by atoms with Crippen LogP contribution in [-0.2, 0) is 10.2 Å². The summed E-state index contributed by atoms with van der Waals surface area (Å²) in [5.74, 6) is 0. The van der Waals surface area contributed by atoms with Gasteiger partial charge in [-0.1, -0.05) is 35.2 Å². The van der Waals surface area contributed by atoms with Gasteiger partial charge in [0.2, 0.25) is 0 Å². The lowest BCUT2D eigenvalue weighted by atomic mass is 10.1. The quantitative estimate of drug-likeness (QED) is 0.636. The Morgan fingerprint density at radius 2 is 1.82 bits per heavy atom. The highest BCUT2D eigenvalue weighted by atomic mass is 79.9. The Kier molecular flexibility index (Phi) is 5.89. The van der Waals surface area contributed by atoms with Crippen LogP contribution in [0.25, 0.3) is 0 Å². The lowest BCUT2D eigenvalue weighted by Gasteiger charge is -2.27. The highest BCUT2D eigenvalue weighted by Gasteiger charge is 2.28. The van der Waals surface area contributed by atoms with Crippen LogP contribution in [0, 0.1) is 0 Å². The first-order chi connectivity index (χ1) is 7.84. The molecule has 0 aromatic rings. The molecule has 1 N–H and O–H groups in total. The predicted molar refractivity (Wildman–Crippen MR) is 74.5 cm³/mol. The maximum atomic E-state index is 12.1. The Morgan fingerprint density at radius 3 is 2.41 bits per heavy atom. The van der Waals surface area contributed by atoms with Gasteiger partial charge in [0, 0.05) is 24.0 Å². The highest BCUT2D eigenvalue weighted by Crippen LogP contribution is 2.24. The molecule has 0 amide bonds. The lowest BCUT2D eigenvalue weighted by molar-refractivity contribution is 0.392. The molecule has 0 spiro atoms. The van der Waals surface area contributed by atoms with Gasteiger partial charge in [-0.15, -0.1) is 0 Å². The third kappa shape index (κ3) is 4.50. The first-order valence-corrected chi connectivity index (χ1v) is 8.59. The molecule has 1 aliphatic rings. The van der Waals surface area contributed by atoms with Crippen LogP contribution in [0.5, 0.6) is 0 Å². The molecule has 1 aliphatic carbocycles. The van der Waals surface area contributed by atoms with Gasteiger partial charge in [-0.25, -0.2) is 0 Å². The number of nitrogens with zero attached hydrogens (tertiary/aromatic N) is 1. The van der Waals surface area contributed by atoms with E-state index >= 15 is 0 Å². The van der Waals surface area contributed by atoms with E-state index in [1.807, 2.05) is 13.8 Å². The summed E-state index contributed by atoms with van der Waals surface area (Å²) in [4.78, 5) is 0.250. The van der Waals surface area contributed by atoms with Crippen molar-refractivity contribution in [1.29, 1.82) is 0 Å². The van der Waals surface area contributed by atoms with Crippen LogP contribution in [0.1, 0.15) is 46.0 Å². The SMILES string of the molecule is CC(C)N(C)S(=O)(=O)NC1CCCCCC1Br. The molecular formula is C11H23BrN2O2S. The lowest BCUT2D eigenvalue weighted by Crippen LogP contribution is -2.48. The van der Waals surface area contributed by atoms with E-state index in [-0.39, 0.29) is 16.9 Å². The van der Waals surface area contributed by atoms with Gasteiger partial charge in [0.1, 0.15) is 0 Å². The molecule has 102 valence electrons. The first-order valence-electron chi connectivity index (χ1n) is 6.24. The second kappa shape index (κ2) is 6.50. The van der Waals surface area contributed by atoms with Crippen molar-refractivity contribution in [3.05, 3.63) is 0 Å². The zero-order valence-corrected chi connectivity index (χ0v) is 13.2. The summed E-state index contributed by atoms with van der Waals surface area (Å²) in [7, 11) is -1.74. The maximum absolute atomic E-state index is 12.1. The van der Waals surface area contributed by atoms with Crippen molar-refractivity contribution in [1.82, 2.24) is 9.03 Å². The Balaban J connectivity index is 2.68. The van der Waals surface area contributed by atoms with Crippen LogP contribution in [0.15, 0.2) is 0 Å². The molecule has 0 aromatic carbocycles. The number of hydrogen-bond donors (Lipinski definition) is 1. The summed E-state index contributed by atoms with van der Waals surface area (Å²) in [5.41, 5.74) is 0. The summed E-state index contributed by atoms with van der Waals surface area (Å²) < 4.78 is 28.4. The molecule has 2 atom stereocenters. The molecule has 0 radical (unpaired) electrons. The Hall–Kier alpha value is 0.350. The third-order valence-electron chi connectivity index (χ3n) is 3.34. The molecule has 6 heteroatoms. The molecule has 0 aromatic heterocycles. The molecule has 1 fully saturated rings. The number of halogens is 1. The van der Waals surface area contributed by atoms with E-state index in [0.717, 1.165) is 19.3 Å². The van der Waals surface area contributed by atoms with Crippen molar-refractivity contribution < 1.29 is 8.42 Å². The zero-order chi connectivity index (χ0) is 13.1. The molecular weight excluding hydrogens is 304 g/mol. The molecule has 0 saturated heterocycles. The van der Waals surface area contributed by atoms with Gasteiger partial charge in [0.05, 0.1) is 0 Å². The van der Waals surface area contributed by atoms with Crippen LogP contribution in [0.2, 0.25) is 0 Å². The van der Waals surface area contributed by atoms with Gasteiger partial charge in [-0.05, 0) is 26.7 Å². The molecule has 1 saturated carbocycles. The fraction of sp³-hybridized carbons (Fsp3) is 1.00. The monoisotopic (exact) mass is 326 g/mol. The second-order valence-electron chi connectivity index (χ2n) is 4.99. The fourth-order valence-electron chi connectivity index (χ4n) is 1.95. The van der Waals surface area contributed by atoms with E-state index in [1.165, 1.54) is 17.1 Å². The average molecular weight is 327 g/mol. The minimum absolute atomic E-state index is 0.0173. The average Bonchev–Trinajstić information content (AvgIpc) is 2.43. The molecule has 17 heavy (non-hydrogen) atoms. The summed E-state index contributed by atoms with van der Waals surface area (Å²) in [6.45, 7) is 3.75. The normalized spacial score (nSPS) is 27.4. The minimum atomic E-state index is -3.35. The van der Waals surface area contributed by atoms with Crippen molar-refractivity contribution in [2.24, 2.45) is 0 Å². The number of nitrogens with one attached hydrogen (secondary N) is 1. The highest BCUT2D eigenvalue weighted by molar-refractivity contribution is 9.09. The number of alkyl halides is 1.